The molecule has 0 aliphatic carbocycles. The minimum absolute atomic E-state index is 0.0331. The third kappa shape index (κ3) is 5.04. The summed E-state index contributed by atoms with van der Waals surface area (Å²) in [6.45, 7) is 2.29. The van der Waals surface area contributed by atoms with Crippen molar-refractivity contribution in [3.63, 3.8) is 0 Å². The first-order valence-electron chi connectivity index (χ1n) is 13.3. The molecule has 38 heavy (non-hydrogen) atoms. The number of rotatable bonds is 5. The van der Waals surface area contributed by atoms with Gasteiger partial charge in [0, 0.05) is 49.1 Å². The highest BCUT2D eigenvalue weighted by Crippen LogP contribution is 2.34. The summed E-state index contributed by atoms with van der Waals surface area (Å²) in [6.07, 6.45) is 9.89. The lowest BCUT2D eigenvalue weighted by atomic mass is 10.1. The van der Waals surface area contributed by atoms with Crippen molar-refractivity contribution >= 4 is 22.8 Å². The normalized spacial score (nSPS) is 20.3. The van der Waals surface area contributed by atoms with Crippen LogP contribution in [0.2, 0.25) is 0 Å². The number of ether oxygens (including phenoxy) is 1. The lowest BCUT2D eigenvalue weighted by Gasteiger charge is -2.23. The van der Waals surface area contributed by atoms with E-state index in [4.69, 9.17) is 24.9 Å². The molecule has 0 radical (unpaired) electrons. The molecule has 10 nitrogen and oxygen atoms in total. The van der Waals surface area contributed by atoms with Gasteiger partial charge in [0.2, 0.25) is 0 Å². The van der Waals surface area contributed by atoms with E-state index in [0.29, 0.717) is 0 Å². The van der Waals surface area contributed by atoms with E-state index in [0.717, 1.165) is 97.6 Å². The standard InChI is InChI=1S/C28H31N7O3/c36-28(37)31-20-7-5-13-34(14-11-20)25-9-3-8-22(32-25)27-21-16-23(19-6-4-12-29-17-19)30-18-24(21)35(33-27)26-10-1-2-15-38-26/h3-4,6,8-9,12,16-18,20,26,31H,1-2,5,7,10-11,13-15H2,(H,36,37)/t20-,26?/m1/s1. The Balaban J connectivity index is 1.38. The van der Waals surface area contributed by atoms with Gasteiger partial charge in [-0.2, -0.15) is 5.10 Å². The molecule has 0 bridgehead atoms. The molecule has 0 saturated carbocycles. The fourth-order valence-corrected chi connectivity index (χ4v) is 5.41. The molecule has 2 fully saturated rings. The predicted octanol–water partition coefficient (Wildman–Crippen LogP) is 4.88. The molecule has 4 aromatic heterocycles. The Hall–Kier alpha value is -4.05. The number of nitrogens with zero attached hydrogens (tertiary/aromatic N) is 6. The molecule has 2 aliphatic rings. The number of fused-ring (bicyclic) bond motifs is 1. The van der Waals surface area contributed by atoms with Crippen LogP contribution in [-0.2, 0) is 4.74 Å². The quantitative estimate of drug-likeness (QED) is 0.388. The van der Waals surface area contributed by atoms with Gasteiger partial charge >= 0.3 is 6.09 Å². The fraction of sp³-hybridized carbons (Fsp3) is 0.393. The molecule has 2 saturated heterocycles. The van der Waals surface area contributed by atoms with E-state index in [-0.39, 0.29) is 12.3 Å². The van der Waals surface area contributed by atoms with Gasteiger partial charge in [-0.15, -0.1) is 0 Å². The summed E-state index contributed by atoms with van der Waals surface area (Å²) >= 11 is 0. The van der Waals surface area contributed by atoms with E-state index < -0.39 is 6.09 Å². The van der Waals surface area contributed by atoms with Crippen molar-refractivity contribution in [1.82, 2.24) is 30.0 Å². The van der Waals surface area contributed by atoms with Crippen LogP contribution in [0.15, 0.2) is 55.0 Å². The molecular weight excluding hydrogens is 482 g/mol. The Morgan fingerprint density at radius 3 is 2.79 bits per heavy atom. The number of nitrogens with one attached hydrogen (secondary N) is 1. The molecule has 196 valence electrons. The molecule has 2 aliphatic heterocycles. The summed E-state index contributed by atoms with van der Waals surface area (Å²) < 4.78 is 8.06. The van der Waals surface area contributed by atoms with Gasteiger partial charge in [0.05, 0.1) is 23.1 Å². The van der Waals surface area contributed by atoms with Gasteiger partial charge in [0.25, 0.3) is 0 Å². The maximum absolute atomic E-state index is 11.1. The number of anilines is 1. The van der Waals surface area contributed by atoms with Crippen molar-refractivity contribution in [2.24, 2.45) is 0 Å². The van der Waals surface area contributed by atoms with Crippen molar-refractivity contribution in [3.05, 3.63) is 55.0 Å². The second-order valence-electron chi connectivity index (χ2n) is 9.89. The van der Waals surface area contributed by atoms with Crippen LogP contribution in [0.5, 0.6) is 0 Å². The number of carboxylic acid groups (broad SMARTS) is 1. The fourth-order valence-electron chi connectivity index (χ4n) is 5.41. The van der Waals surface area contributed by atoms with Crippen molar-refractivity contribution in [3.8, 4) is 22.6 Å². The number of aromatic nitrogens is 5. The van der Waals surface area contributed by atoms with E-state index in [1.165, 1.54) is 0 Å². The average molecular weight is 514 g/mol. The average Bonchev–Trinajstić information content (AvgIpc) is 3.19. The summed E-state index contributed by atoms with van der Waals surface area (Å²) in [4.78, 5) is 27.4. The van der Waals surface area contributed by atoms with E-state index >= 15 is 0 Å². The van der Waals surface area contributed by atoms with Crippen LogP contribution in [0.4, 0.5) is 10.6 Å². The third-order valence-electron chi connectivity index (χ3n) is 7.34. The maximum atomic E-state index is 11.1. The van der Waals surface area contributed by atoms with Crippen molar-refractivity contribution in [2.45, 2.75) is 50.8 Å². The highest BCUT2D eigenvalue weighted by Gasteiger charge is 2.24. The molecule has 4 aromatic rings. The van der Waals surface area contributed by atoms with E-state index in [1.54, 1.807) is 6.20 Å². The van der Waals surface area contributed by atoms with Gasteiger partial charge in [-0.1, -0.05) is 6.07 Å². The van der Waals surface area contributed by atoms with Gasteiger partial charge in [-0.25, -0.2) is 14.5 Å². The first-order chi connectivity index (χ1) is 18.7. The number of hydrogen-bond donors (Lipinski definition) is 2. The number of hydrogen-bond acceptors (Lipinski definition) is 7. The Labute approximate surface area is 220 Å². The zero-order valence-corrected chi connectivity index (χ0v) is 21.2. The Kier molecular flexibility index (Phi) is 6.87. The topological polar surface area (TPSA) is 118 Å². The Bertz CT molecular complexity index is 1420. The molecule has 6 rings (SSSR count). The first kappa shape index (κ1) is 24.3. The van der Waals surface area contributed by atoms with Gasteiger partial charge in [-0.05, 0) is 68.9 Å². The van der Waals surface area contributed by atoms with E-state index in [1.807, 2.05) is 47.4 Å². The first-order valence-corrected chi connectivity index (χ1v) is 13.3. The van der Waals surface area contributed by atoms with Crippen LogP contribution in [0.1, 0.15) is 44.8 Å². The van der Waals surface area contributed by atoms with Crippen LogP contribution in [-0.4, -0.2) is 61.7 Å². The van der Waals surface area contributed by atoms with Gasteiger partial charge in [-0.3, -0.25) is 9.97 Å². The van der Waals surface area contributed by atoms with Crippen LogP contribution in [0.25, 0.3) is 33.5 Å². The SMILES string of the molecule is O=C(O)N[C@@H]1CCCN(c2cccc(-c3nn(C4CCCCO4)c4cnc(-c5cccnc5)cc34)n2)CC1. The number of carbonyl (C=O) groups is 1. The molecule has 0 aromatic carbocycles. The lowest BCUT2D eigenvalue weighted by Crippen LogP contribution is -2.34. The highest BCUT2D eigenvalue weighted by atomic mass is 16.5. The molecule has 2 atom stereocenters. The Morgan fingerprint density at radius 2 is 1.97 bits per heavy atom. The van der Waals surface area contributed by atoms with E-state index in [9.17, 15) is 4.79 Å². The van der Waals surface area contributed by atoms with Crippen LogP contribution in [0, 0.1) is 0 Å². The smallest absolute Gasteiger partial charge is 0.404 e. The second kappa shape index (κ2) is 10.7. The number of pyridine rings is 3. The van der Waals surface area contributed by atoms with Crippen molar-refractivity contribution in [2.75, 3.05) is 24.6 Å². The molecule has 2 N–H and O–H groups in total. The summed E-state index contributed by atoms with van der Waals surface area (Å²) in [5.41, 5.74) is 4.28. The van der Waals surface area contributed by atoms with Gasteiger partial charge in [0.1, 0.15) is 11.5 Å². The molecule has 0 spiro atoms. The third-order valence-corrected chi connectivity index (χ3v) is 7.34. The van der Waals surface area contributed by atoms with E-state index in [2.05, 4.69) is 21.3 Å². The summed E-state index contributed by atoms with van der Waals surface area (Å²) in [5, 5.41) is 17.8. The minimum Gasteiger partial charge on any atom is -0.465 e. The molecule has 1 unspecified atom stereocenters. The zero-order valence-electron chi connectivity index (χ0n) is 21.2. The highest BCUT2D eigenvalue weighted by molar-refractivity contribution is 5.94. The van der Waals surface area contributed by atoms with Crippen LogP contribution < -0.4 is 10.2 Å². The zero-order chi connectivity index (χ0) is 25.9. The van der Waals surface area contributed by atoms with Gasteiger partial charge < -0.3 is 20.1 Å². The second-order valence-corrected chi connectivity index (χ2v) is 9.89. The van der Waals surface area contributed by atoms with Gasteiger partial charge in [0.15, 0.2) is 6.23 Å². The largest absolute Gasteiger partial charge is 0.465 e. The number of amides is 1. The summed E-state index contributed by atoms with van der Waals surface area (Å²) in [7, 11) is 0. The minimum atomic E-state index is -0.965. The summed E-state index contributed by atoms with van der Waals surface area (Å²) in [6, 6.07) is 12.0. The molecule has 6 heterocycles. The molecule has 1 amide bonds. The molecular formula is C28H31N7O3. The predicted molar refractivity (Wildman–Crippen MR) is 144 cm³/mol. The monoisotopic (exact) mass is 513 g/mol. The Morgan fingerprint density at radius 1 is 1.03 bits per heavy atom. The van der Waals surface area contributed by atoms with Crippen LogP contribution >= 0.6 is 0 Å². The summed E-state index contributed by atoms with van der Waals surface area (Å²) in [5.74, 6) is 0.872. The maximum Gasteiger partial charge on any atom is 0.404 e. The van der Waals surface area contributed by atoms with Crippen molar-refractivity contribution < 1.29 is 14.6 Å². The van der Waals surface area contributed by atoms with Crippen LogP contribution in [0.3, 0.4) is 0 Å². The van der Waals surface area contributed by atoms with Crippen molar-refractivity contribution in [1.29, 1.82) is 0 Å². The lowest BCUT2D eigenvalue weighted by molar-refractivity contribution is -0.0365. The molecule has 10 heteroatoms.